The summed E-state index contributed by atoms with van der Waals surface area (Å²) in [7, 11) is 0. The summed E-state index contributed by atoms with van der Waals surface area (Å²) in [5, 5.41) is 12.1. The van der Waals surface area contributed by atoms with E-state index in [1.165, 1.54) is 43.5 Å². The highest BCUT2D eigenvalue weighted by Gasteiger charge is 2.25. The average molecular weight is 578 g/mol. The topological polar surface area (TPSA) is 173 Å². The normalized spacial score (nSPS) is 11.3. The lowest BCUT2D eigenvalue weighted by molar-refractivity contribution is -0.151. The average Bonchev–Trinajstić information content (AvgIpc) is 2.89. The molecule has 0 saturated heterocycles. The van der Waals surface area contributed by atoms with Crippen LogP contribution in [-0.4, -0.2) is 51.5 Å². The number of carbonyl (C=O) groups is 4. The quantitative estimate of drug-likeness (QED) is 0.221. The van der Waals surface area contributed by atoms with Crippen LogP contribution in [0.3, 0.4) is 0 Å². The summed E-state index contributed by atoms with van der Waals surface area (Å²) in [6.07, 6.45) is 1.23. The number of amides is 3. The van der Waals surface area contributed by atoms with Crippen LogP contribution < -0.4 is 26.8 Å². The number of rotatable bonds is 9. The predicted molar refractivity (Wildman–Crippen MR) is 139 cm³/mol. The highest BCUT2D eigenvalue weighted by molar-refractivity contribution is 6.33. The number of nitrogen functional groups attached to an aromatic ring is 1. The molecule has 210 valence electrons. The van der Waals surface area contributed by atoms with Crippen molar-refractivity contribution in [2.24, 2.45) is 0 Å². The molecule has 1 atom stereocenters. The van der Waals surface area contributed by atoms with Gasteiger partial charge < -0.3 is 25.5 Å². The van der Waals surface area contributed by atoms with Crippen LogP contribution in [-0.2, 0) is 14.4 Å². The van der Waals surface area contributed by atoms with Crippen LogP contribution in [0.5, 0.6) is 5.75 Å². The minimum atomic E-state index is -1.52. The summed E-state index contributed by atoms with van der Waals surface area (Å²) < 4.78 is 33.3. The van der Waals surface area contributed by atoms with Gasteiger partial charge in [0.15, 0.2) is 24.0 Å². The summed E-state index contributed by atoms with van der Waals surface area (Å²) in [5.74, 6) is -7.41. The van der Waals surface area contributed by atoms with Crippen LogP contribution in [0.25, 0.3) is 0 Å². The highest BCUT2D eigenvalue weighted by Crippen LogP contribution is 2.21. The zero-order valence-corrected chi connectivity index (χ0v) is 21.4. The Morgan fingerprint density at radius 2 is 1.80 bits per heavy atom. The van der Waals surface area contributed by atoms with E-state index >= 15 is 0 Å². The third-order valence-corrected chi connectivity index (χ3v) is 5.71. The molecule has 3 aromatic rings. The number of carboxylic acid groups (broad SMARTS) is 1. The zero-order valence-electron chi connectivity index (χ0n) is 20.7. The second-order valence-corrected chi connectivity index (χ2v) is 8.60. The Morgan fingerprint density at radius 1 is 1.12 bits per heavy atom. The minimum absolute atomic E-state index is 0.111. The van der Waals surface area contributed by atoms with E-state index in [9.17, 15) is 32.8 Å². The molecule has 40 heavy (non-hydrogen) atoms. The summed E-state index contributed by atoms with van der Waals surface area (Å²) in [6.45, 7) is -0.775. The maximum absolute atomic E-state index is 13.8. The van der Waals surface area contributed by atoms with E-state index in [2.05, 4.69) is 10.7 Å². The lowest BCUT2D eigenvalue weighted by Crippen LogP contribution is -2.52. The molecule has 0 aliphatic heterocycles. The second-order valence-electron chi connectivity index (χ2n) is 8.19. The van der Waals surface area contributed by atoms with E-state index in [4.69, 9.17) is 27.2 Å². The van der Waals surface area contributed by atoms with Gasteiger partial charge in [-0.25, -0.2) is 13.8 Å². The van der Waals surface area contributed by atoms with Crippen molar-refractivity contribution in [3.8, 4) is 5.75 Å². The van der Waals surface area contributed by atoms with Gasteiger partial charge in [-0.05, 0) is 49.4 Å². The van der Waals surface area contributed by atoms with Crippen molar-refractivity contribution < 1.29 is 37.8 Å². The Bertz CT molecular complexity index is 1510. The molecule has 12 nitrogen and oxygen atoms in total. The molecule has 0 radical (unpaired) electrons. The Kier molecular flexibility index (Phi) is 9.40. The van der Waals surface area contributed by atoms with Gasteiger partial charge in [0.2, 0.25) is 0 Å². The Hall–Kier alpha value is -4.98. The fourth-order valence-electron chi connectivity index (χ4n) is 3.28. The minimum Gasteiger partial charge on any atom is -0.480 e. The molecule has 0 fully saturated rings. The van der Waals surface area contributed by atoms with Crippen molar-refractivity contribution in [1.29, 1.82) is 0 Å². The predicted octanol–water partition coefficient (Wildman–Crippen LogP) is 2.20. The molecule has 15 heteroatoms. The van der Waals surface area contributed by atoms with Crippen LogP contribution in [0.15, 0.2) is 59.5 Å². The van der Waals surface area contributed by atoms with Gasteiger partial charge in [0.05, 0.1) is 10.7 Å². The van der Waals surface area contributed by atoms with Gasteiger partial charge >= 0.3 is 5.97 Å². The number of halogens is 3. The number of carboxylic acids is 1. The second kappa shape index (κ2) is 12.7. The summed E-state index contributed by atoms with van der Waals surface area (Å²) in [4.78, 5) is 62.2. The van der Waals surface area contributed by atoms with Crippen LogP contribution in [0, 0.1) is 11.6 Å². The first-order valence-corrected chi connectivity index (χ1v) is 11.7. The number of aliphatic carboxylic acids is 1. The van der Waals surface area contributed by atoms with Crippen molar-refractivity contribution in [2.45, 2.75) is 13.0 Å². The van der Waals surface area contributed by atoms with Crippen molar-refractivity contribution in [1.82, 2.24) is 15.0 Å². The zero-order chi connectivity index (χ0) is 29.6. The Morgan fingerprint density at radius 3 is 2.42 bits per heavy atom. The molecule has 0 bridgehead atoms. The van der Waals surface area contributed by atoms with Crippen molar-refractivity contribution in [3.63, 3.8) is 0 Å². The number of nitrogens with zero attached hydrogens (tertiary/aromatic N) is 2. The Labute approximate surface area is 229 Å². The van der Waals surface area contributed by atoms with E-state index in [0.717, 1.165) is 22.8 Å². The van der Waals surface area contributed by atoms with E-state index in [-0.39, 0.29) is 22.0 Å². The first-order chi connectivity index (χ1) is 18.9. The van der Waals surface area contributed by atoms with Crippen molar-refractivity contribution >= 4 is 46.7 Å². The van der Waals surface area contributed by atoms with Crippen molar-refractivity contribution in [2.75, 3.05) is 24.2 Å². The molecule has 0 saturated carbocycles. The third-order valence-electron chi connectivity index (χ3n) is 5.38. The lowest BCUT2D eigenvalue weighted by atomic mass is 10.2. The van der Waals surface area contributed by atoms with Gasteiger partial charge in [0.1, 0.15) is 18.3 Å². The molecule has 1 heterocycles. The Balaban J connectivity index is 1.74. The smallest absolute Gasteiger partial charge is 0.325 e. The summed E-state index contributed by atoms with van der Waals surface area (Å²) >= 11 is 5.93. The molecule has 3 rings (SSSR count). The number of nitrogens with one attached hydrogen (secondary N) is 2. The number of para-hydroxylation sites is 1. The van der Waals surface area contributed by atoms with Crippen LogP contribution >= 0.6 is 11.6 Å². The number of ether oxygens (including phenoxy) is 1. The maximum Gasteiger partial charge on any atom is 0.325 e. The number of nitrogens with two attached hydrogens (primary N) is 1. The monoisotopic (exact) mass is 577 g/mol. The number of benzene rings is 2. The fourth-order valence-corrected chi connectivity index (χ4v) is 3.46. The van der Waals surface area contributed by atoms with Gasteiger partial charge in [-0.15, -0.1) is 0 Å². The number of hydrazine groups is 1. The van der Waals surface area contributed by atoms with E-state index in [0.29, 0.717) is 5.01 Å². The third kappa shape index (κ3) is 7.11. The highest BCUT2D eigenvalue weighted by atomic mass is 35.5. The molecular formula is C25H22ClF2N5O7. The summed E-state index contributed by atoms with van der Waals surface area (Å²) in [5.41, 5.74) is 7.06. The molecule has 1 unspecified atom stereocenters. The molecular weight excluding hydrogens is 556 g/mol. The number of aromatic nitrogens is 1. The van der Waals surface area contributed by atoms with Gasteiger partial charge in [0, 0.05) is 11.8 Å². The molecule has 2 aromatic carbocycles. The molecule has 0 aliphatic rings. The van der Waals surface area contributed by atoms with Crippen LogP contribution in [0.2, 0.25) is 5.02 Å². The fraction of sp³-hybridized carbons (Fsp3) is 0.160. The SMILES string of the molecule is CC(C(=O)NN(CC(=O)O)C(=O)COc1c(F)cccc1F)n1cccc(NC(=O)c2ccc(N)c(Cl)c2)c1=O. The molecule has 0 aliphatic carbocycles. The standard InChI is InChI=1S/C25H22ClF2N5O7/c1-13(32-9-3-6-19(25(32)39)30-24(38)14-7-8-18(29)15(26)10-14)23(37)31-33(11-21(35)36)20(34)12-40-22-16(27)4-2-5-17(22)28/h2-10,13H,11-12,29H2,1H3,(H,30,38)(H,31,37)(H,35,36). The maximum atomic E-state index is 13.8. The molecule has 5 N–H and O–H groups in total. The van der Waals surface area contributed by atoms with E-state index < -0.39 is 65.8 Å². The number of hydrogen-bond acceptors (Lipinski definition) is 7. The molecule has 1 aromatic heterocycles. The van der Waals surface area contributed by atoms with Crippen LogP contribution in [0.4, 0.5) is 20.2 Å². The van der Waals surface area contributed by atoms with Crippen molar-refractivity contribution in [3.05, 3.63) is 87.3 Å². The number of hydrogen-bond donors (Lipinski definition) is 4. The van der Waals surface area contributed by atoms with E-state index in [1.54, 1.807) is 0 Å². The molecule has 0 spiro atoms. The molecule has 3 amide bonds. The largest absolute Gasteiger partial charge is 0.480 e. The first-order valence-electron chi connectivity index (χ1n) is 11.4. The number of carbonyl (C=O) groups excluding carboxylic acids is 3. The van der Waals surface area contributed by atoms with E-state index in [1.807, 2.05) is 0 Å². The summed E-state index contributed by atoms with van der Waals surface area (Å²) in [6, 6.07) is 8.32. The first kappa shape index (κ1) is 29.6. The lowest BCUT2D eigenvalue weighted by Gasteiger charge is -2.24. The van der Waals surface area contributed by atoms with Gasteiger partial charge in [-0.1, -0.05) is 17.7 Å². The van der Waals surface area contributed by atoms with Gasteiger partial charge in [-0.2, -0.15) is 0 Å². The van der Waals surface area contributed by atoms with Gasteiger partial charge in [-0.3, -0.25) is 29.4 Å². The number of pyridine rings is 1. The number of anilines is 2. The van der Waals surface area contributed by atoms with Gasteiger partial charge in [0.25, 0.3) is 23.3 Å². The van der Waals surface area contributed by atoms with Crippen LogP contribution in [0.1, 0.15) is 23.3 Å².